The minimum Gasteiger partial charge on any atom is -0.376 e. The molecule has 112 valence electrons. The van der Waals surface area contributed by atoms with Crippen LogP contribution in [0.1, 0.15) is 39.9 Å². The topological polar surface area (TPSA) is 76.3 Å². The first-order valence-electron chi connectivity index (χ1n) is 7.03. The molecule has 1 aliphatic rings. The van der Waals surface area contributed by atoms with Gasteiger partial charge in [-0.1, -0.05) is 20.8 Å². The summed E-state index contributed by atoms with van der Waals surface area (Å²) in [6.07, 6.45) is 1.22. The van der Waals surface area contributed by atoms with Gasteiger partial charge in [-0.05, 0) is 13.3 Å². The van der Waals surface area contributed by atoms with Gasteiger partial charge >= 0.3 is 0 Å². The zero-order valence-corrected chi connectivity index (χ0v) is 13.0. The third kappa shape index (κ3) is 3.02. The van der Waals surface area contributed by atoms with Crippen LogP contribution < -0.4 is 16.2 Å². The molecule has 0 aliphatic carbocycles. The second-order valence-electron chi connectivity index (χ2n) is 6.37. The summed E-state index contributed by atoms with van der Waals surface area (Å²) in [4.78, 5) is 11.3. The average molecular weight is 279 g/mol. The van der Waals surface area contributed by atoms with E-state index >= 15 is 0 Å². The molecule has 3 N–H and O–H groups in total. The lowest BCUT2D eigenvalue weighted by atomic mass is 9.95. The molecule has 2 atom stereocenters. The standard InChI is InChI=1S/C14H25N5O/c1-9-10(6-7-20-9)19(5)12-8-11(18-15)16-13(17-12)14(2,3)4/h8-10H,6-7,15H2,1-5H3,(H,16,17,18). The van der Waals surface area contributed by atoms with Crippen molar-refractivity contribution in [1.29, 1.82) is 0 Å². The predicted molar refractivity (Wildman–Crippen MR) is 80.8 cm³/mol. The van der Waals surface area contributed by atoms with Crippen LogP contribution in [0.25, 0.3) is 0 Å². The fraction of sp³-hybridized carbons (Fsp3) is 0.714. The van der Waals surface area contributed by atoms with E-state index in [0.717, 1.165) is 24.7 Å². The van der Waals surface area contributed by atoms with Crippen molar-refractivity contribution in [3.8, 4) is 0 Å². The maximum Gasteiger partial charge on any atom is 0.145 e. The fourth-order valence-corrected chi connectivity index (χ4v) is 2.42. The number of ether oxygens (including phenoxy) is 1. The van der Waals surface area contributed by atoms with Crippen molar-refractivity contribution in [2.24, 2.45) is 5.84 Å². The van der Waals surface area contributed by atoms with Gasteiger partial charge in [0.25, 0.3) is 0 Å². The van der Waals surface area contributed by atoms with Crippen LogP contribution in [-0.2, 0) is 10.2 Å². The van der Waals surface area contributed by atoms with Crippen molar-refractivity contribution in [3.05, 3.63) is 11.9 Å². The zero-order valence-electron chi connectivity index (χ0n) is 13.0. The normalized spacial score (nSPS) is 22.9. The maximum absolute atomic E-state index is 5.64. The highest BCUT2D eigenvalue weighted by molar-refractivity contribution is 5.50. The molecule has 6 heteroatoms. The Bertz CT molecular complexity index is 471. The Kier molecular flexibility index (Phi) is 4.15. The molecule has 1 aromatic rings. The second kappa shape index (κ2) is 5.54. The van der Waals surface area contributed by atoms with Gasteiger partial charge in [-0.3, -0.25) is 0 Å². The number of nitrogen functional groups attached to an aromatic ring is 1. The molecule has 20 heavy (non-hydrogen) atoms. The second-order valence-corrected chi connectivity index (χ2v) is 6.37. The highest BCUT2D eigenvalue weighted by Crippen LogP contribution is 2.27. The molecular formula is C14H25N5O. The smallest absolute Gasteiger partial charge is 0.145 e. The molecule has 2 rings (SSSR count). The molecule has 1 fully saturated rings. The lowest BCUT2D eigenvalue weighted by Crippen LogP contribution is -2.37. The molecule has 0 bridgehead atoms. The van der Waals surface area contributed by atoms with Crippen molar-refractivity contribution < 1.29 is 4.74 Å². The molecule has 1 saturated heterocycles. The molecular weight excluding hydrogens is 254 g/mol. The summed E-state index contributed by atoms with van der Waals surface area (Å²) in [6, 6.07) is 2.21. The monoisotopic (exact) mass is 279 g/mol. The van der Waals surface area contributed by atoms with E-state index in [0.29, 0.717) is 11.9 Å². The van der Waals surface area contributed by atoms with Gasteiger partial charge in [-0.25, -0.2) is 15.8 Å². The van der Waals surface area contributed by atoms with Gasteiger partial charge in [-0.2, -0.15) is 0 Å². The molecule has 1 aliphatic heterocycles. The van der Waals surface area contributed by atoms with E-state index in [-0.39, 0.29) is 11.5 Å². The molecule has 6 nitrogen and oxygen atoms in total. The highest BCUT2D eigenvalue weighted by Gasteiger charge is 2.30. The molecule has 0 amide bonds. The van der Waals surface area contributed by atoms with Crippen LogP contribution in [0, 0.1) is 0 Å². The first-order chi connectivity index (χ1) is 9.32. The predicted octanol–water partition coefficient (Wildman–Crippen LogP) is 1.67. The summed E-state index contributed by atoms with van der Waals surface area (Å²) in [5.74, 6) is 7.82. The van der Waals surface area contributed by atoms with Crippen LogP contribution in [0.2, 0.25) is 0 Å². The van der Waals surface area contributed by atoms with E-state index in [4.69, 9.17) is 15.6 Å². The largest absolute Gasteiger partial charge is 0.376 e. The first-order valence-corrected chi connectivity index (χ1v) is 7.03. The van der Waals surface area contributed by atoms with Gasteiger partial charge in [0.15, 0.2) is 0 Å². The lowest BCUT2D eigenvalue weighted by Gasteiger charge is -2.29. The Labute approximate surface area is 120 Å². The van der Waals surface area contributed by atoms with Crippen molar-refractivity contribution >= 4 is 11.6 Å². The number of nitrogens with one attached hydrogen (secondary N) is 1. The summed E-state index contributed by atoms with van der Waals surface area (Å²) >= 11 is 0. The Morgan fingerprint density at radius 2 is 2.10 bits per heavy atom. The van der Waals surface area contributed by atoms with Gasteiger partial charge in [0.2, 0.25) is 0 Å². The van der Waals surface area contributed by atoms with Crippen LogP contribution in [0.4, 0.5) is 11.6 Å². The quantitative estimate of drug-likeness (QED) is 0.647. The number of hydrogen-bond acceptors (Lipinski definition) is 6. The van der Waals surface area contributed by atoms with Gasteiger partial charge in [-0.15, -0.1) is 0 Å². The maximum atomic E-state index is 5.64. The Hall–Kier alpha value is -1.40. The summed E-state index contributed by atoms with van der Waals surface area (Å²) in [5.41, 5.74) is 2.50. The summed E-state index contributed by atoms with van der Waals surface area (Å²) < 4.78 is 5.64. The van der Waals surface area contributed by atoms with Crippen LogP contribution in [0.5, 0.6) is 0 Å². The number of hydrazine groups is 1. The third-order valence-corrected chi connectivity index (χ3v) is 3.73. The first kappa shape index (κ1) is 15.0. The fourth-order valence-electron chi connectivity index (χ4n) is 2.42. The highest BCUT2D eigenvalue weighted by atomic mass is 16.5. The molecule has 0 radical (unpaired) electrons. The molecule has 0 aromatic carbocycles. The van der Waals surface area contributed by atoms with Crippen molar-refractivity contribution in [3.63, 3.8) is 0 Å². The Morgan fingerprint density at radius 3 is 2.60 bits per heavy atom. The van der Waals surface area contributed by atoms with Crippen LogP contribution in [0.3, 0.4) is 0 Å². The molecule has 0 spiro atoms. The van der Waals surface area contributed by atoms with Crippen molar-refractivity contribution in [1.82, 2.24) is 9.97 Å². The Morgan fingerprint density at radius 1 is 1.40 bits per heavy atom. The average Bonchev–Trinajstić information content (AvgIpc) is 2.82. The molecule has 2 heterocycles. The third-order valence-electron chi connectivity index (χ3n) is 3.73. The lowest BCUT2D eigenvalue weighted by molar-refractivity contribution is 0.118. The van der Waals surface area contributed by atoms with Crippen LogP contribution >= 0.6 is 0 Å². The number of aromatic nitrogens is 2. The number of nitrogens with zero attached hydrogens (tertiary/aromatic N) is 3. The van der Waals surface area contributed by atoms with E-state index in [1.807, 2.05) is 13.1 Å². The van der Waals surface area contributed by atoms with Crippen molar-refractivity contribution in [2.45, 2.75) is 51.7 Å². The van der Waals surface area contributed by atoms with E-state index in [9.17, 15) is 0 Å². The molecule has 2 unspecified atom stereocenters. The van der Waals surface area contributed by atoms with Gasteiger partial charge in [0.05, 0.1) is 12.1 Å². The van der Waals surface area contributed by atoms with Crippen LogP contribution in [-0.4, -0.2) is 35.8 Å². The number of rotatable bonds is 3. The van der Waals surface area contributed by atoms with Gasteiger partial charge in [0, 0.05) is 25.1 Å². The minimum absolute atomic E-state index is 0.125. The van der Waals surface area contributed by atoms with E-state index in [1.54, 1.807) is 0 Å². The van der Waals surface area contributed by atoms with Crippen LogP contribution in [0.15, 0.2) is 6.07 Å². The van der Waals surface area contributed by atoms with Gasteiger partial charge in [0.1, 0.15) is 17.5 Å². The number of likely N-dealkylation sites (N-methyl/N-ethyl adjacent to an activating group) is 1. The van der Waals surface area contributed by atoms with Crippen molar-refractivity contribution in [2.75, 3.05) is 24.0 Å². The minimum atomic E-state index is -0.125. The molecule has 1 aromatic heterocycles. The summed E-state index contributed by atoms with van der Waals surface area (Å²) in [6.45, 7) is 9.17. The van der Waals surface area contributed by atoms with E-state index in [2.05, 4.69) is 43.0 Å². The number of hydrogen-bond donors (Lipinski definition) is 2. The Balaban J connectivity index is 2.35. The van der Waals surface area contributed by atoms with E-state index < -0.39 is 0 Å². The summed E-state index contributed by atoms with van der Waals surface area (Å²) in [5, 5.41) is 0. The zero-order chi connectivity index (χ0) is 14.9. The number of nitrogens with two attached hydrogens (primary N) is 1. The summed E-state index contributed by atoms with van der Waals surface area (Å²) in [7, 11) is 2.05. The molecule has 0 saturated carbocycles. The van der Waals surface area contributed by atoms with Gasteiger partial charge < -0.3 is 15.1 Å². The SMILES string of the molecule is CC1OCCC1N(C)c1cc(NN)nc(C(C)(C)C)n1. The van der Waals surface area contributed by atoms with E-state index in [1.165, 1.54) is 0 Å². The number of anilines is 2.